The molecule has 0 aromatic rings. The topological polar surface area (TPSA) is 59.6 Å². The first-order valence-electron chi connectivity index (χ1n) is 7.42. The maximum Gasteiger partial charge on any atom is 0.239 e. The van der Waals surface area contributed by atoms with Gasteiger partial charge in [0.25, 0.3) is 0 Å². The first-order valence-corrected chi connectivity index (χ1v) is 7.42. The van der Waals surface area contributed by atoms with Gasteiger partial charge in [-0.3, -0.25) is 4.79 Å². The highest BCUT2D eigenvalue weighted by Crippen LogP contribution is 2.43. The first kappa shape index (κ1) is 14.8. The molecule has 2 aliphatic rings. The van der Waals surface area contributed by atoms with Crippen LogP contribution in [0.1, 0.15) is 32.6 Å². The molecule has 1 unspecified atom stereocenters. The van der Waals surface area contributed by atoms with Crippen LogP contribution in [0.3, 0.4) is 0 Å². The Hall–Kier alpha value is -0.650. The molecule has 2 fully saturated rings. The number of hydrogen-bond acceptors (Lipinski definition) is 4. The Bertz CT molecular complexity index is 286. The van der Waals surface area contributed by atoms with Crippen LogP contribution in [0, 0.1) is 5.41 Å². The van der Waals surface area contributed by atoms with Gasteiger partial charge in [0.1, 0.15) is 6.04 Å². The van der Waals surface area contributed by atoms with E-state index >= 15 is 0 Å². The molecule has 1 amide bonds. The number of carbonyl (C=O) groups excluding carboxylic acids is 1. The Morgan fingerprint density at radius 3 is 2.95 bits per heavy atom. The summed E-state index contributed by atoms with van der Waals surface area (Å²) in [6, 6.07) is -0.183. The fourth-order valence-electron chi connectivity index (χ4n) is 2.76. The predicted molar refractivity (Wildman–Crippen MR) is 73.0 cm³/mol. The molecule has 0 aromatic carbocycles. The average Bonchev–Trinajstić information content (AvgIpc) is 2.41. The van der Waals surface area contributed by atoms with Gasteiger partial charge in [-0.15, -0.1) is 0 Å². The number of nitrogens with one attached hydrogen (secondary N) is 2. The van der Waals surface area contributed by atoms with Crippen LogP contribution in [0.2, 0.25) is 0 Å². The Labute approximate surface area is 115 Å². The zero-order valence-corrected chi connectivity index (χ0v) is 11.9. The van der Waals surface area contributed by atoms with E-state index < -0.39 is 0 Å². The lowest BCUT2D eigenvalue weighted by molar-refractivity contribution is -0.127. The molecule has 5 heteroatoms. The Morgan fingerprint density at radius 2 is 2.37 bits per heavy atom. The maximum absolute atomic E-state index is 12.0. The fourth-order valence-corrected chi connectivity index (χ4v) is 2.76. The largest absolute Gasteiger partial charge is 0.382 e. The lowest BCUT2D eigenvalue weighted by atomic mass is 9.66. The predicted octanol–water partition coefficient (Wildman–Crippen LogP) is 0.688. The monoisotopic (exact) mass is 270 g/mol. The third-order valence-corrected chi connectivity index (χ3v) is 4.27. The quantitative estimate of drug-likeness (QED) is 0.668. The Balaban J connectivity index is 1.71. The van der Waals surface area contributed by atoms with Gasteiger partial charge in [0.05, 0.1) is 13.2 Å². The number of hydrogen-bond donors (Lipinski definition) is 2. The standard InChI is InChI=1S/C14H26N2O3/c1-2-18-8-6-14(4-3-5-14)11-16-13(17)12-10-19-9-7-15-12/h12,15H,2-11H2,1H3,(H,16,17). The van der Waals surface area contributed by atoms with Crippen LogP contribution in [0.4, 0.5) is 0 Å². The van der Waals surface area contributed by atoms with Gasteiger partial charge in [0, 0.05) is 26.3 Å². The van der Waals surface area contributed by atoms with E-state index in [0.29, 0.717) is 13.2 Å². The number of carbonyl (C=O) groups is 1. The van der Waals surface area contributed by atoms with Gasteiger partial charge < -0.3 is 20.1 Å². The van der Waals surface area contributed by atoms with Gasteiger partial charge in [-0.1, -0.05) is 6.42 Å². The molecule has 0 spiro atoms. The van der Waals surface area contributed by atoms with Crippen molar-refractivity contribution in [1.82, 2.24) is 10.6 Å². The van der Waals surface area contributed by atoms with E-state index in [9.17, 15) is 4.79 Å². The van der Waals surface area contributed by atoms with Crippen LogP contribution in [0.5, 0.6) is 0 Å². The fraction of sp³-hybridized carbons (Fsp3) is 0.929. The van der Waals surface area contributed by atoms with Gasteiger partial charge in [-0.05, 0) is 31.6 Å². The van der Waals surface area contributed by atoms with Gasteiger partial charge in [0.15, 0.2) is 0 Å². The molecule has 1 aliphatic heterocycles. The SMILES string of the molecule is CCOCCC1(CNC(=O)C2COCCN2)CCC1. The third kappa shape index (κ3) is 4.16. The summed E-state index contributed by atoms with van der Waals surface area (Å²) in [6.07, 6.45) is 4.73. The summed E-state index contributed by atoms with van der Waals surface area (Å²) in [5.41, 5.74) is 0.278. The van der Waals surface area contributed by atoms with Crippen molar-refractivity contribution in [3.63, 3.8) is 0 Å². The number of ether oxygens (including phenoxy) is 2. The van der Waals surface area contributed by atoms with Crippen LogP contribution in [-0.4, -0.2) is 51.5 Å². The molecular weight excluding hydrogens is 244 g/mol. The molecule has 5 nitrogen and oxygen atoms in total. The molecule has 0 radical (unpaired) electrons. The number of morpholine rings is 1. The van der Waals surface area contributed by atoms with Crippen LogP contribution >= 0.6 is 0 Å². The molecule has 19 heavy (non-hydrogen) atoms. The van der Waals surface area contributed by atoms with Crippen molar-refractivity contribution < 1.29 is 14.3 Å². The van der Waals surface area contributed by atoms with Crippen LogP contribution in [-0.2, 0) is 14.3 Å². The summed E-state index contributed by atoms with van der Waals surface area (Å²) in [5.74, 6) is 0.0717. The zero-order chi connectivity index (χ0) is 13.6. The van der Waals surface area contributed by atoms with E-state index in [0.717, 1.165) is 32.7 Å². The van der Waals surface area contributed by atoms with Crippen molar-refractivity contribution >= 4 is 5.91 Å². The molecule has 2 rings (SSSR count). The minimum absolute atomic E-state index is 0.0717. The average molecular weight is 270 g/mol. The zero-order valence-electron chi connectivity index (χ0n) is 11.9. The van der Waals surface area contributed by atoms with E-state index in [1.807, 2.05) is 6.92 Å². The second kappa shape index (κ2) is 7.22. The summed E-state index contributed by atoms with van der Waals surface area (Å²) >= 11 is 0. The lowest BCUT2D eigenvalue weighted by Crippen LogP contribution is -2.53. The van der Waals surface area contributed by atoms with Crippen LogP contribution < -0.4 is 10.6 Å². The Kier molecular flexibility index (Phi) is 5.60. The molecule has 1 saturated carbocycles. The van der Waals surface area contributed by atoms with E-state index in [1.54, 1.807) is 0 Å². The van der Waals surface area contributed by atoms with Crippen molar-refractivity contribution in [3.8, 4) is 0 Å². The van der Waals surface area contributed by atoms with E-state index in [-0.39, 0.29) is 17.4 Å². The van der Waals surface area contributed by atoms with Gasteiger partial charge in [-0.25, -0.2) is 0 Å². The van der Waals surface area contributed by atoms with Gasteiger partial charge in [0.2, 0.25) is 5.91 Å². The highest BCUT2D eigenvalue weighted by Gasteiger charge is 2.37. The smallest absolute Gasteiger partial charge is 0.239 e. The summed E-state index contributed by atoms with van der Waals surface area (Å²) < 4.78 is 10.8. The Morgan fingerprint density at radius 1 is 1.53 bits per heavy atom. The summed E-state index contributed by atoms with van der Waals surface area (Å²) in [7, 11) is 0. The number of amides is 1. The van der Waals surface area contributed by atoms with Crippen molar-refractivity contribution in [2.75, 3.05) is 39.5 Å². The van der Waals surface area contributed by atoms with E-state index in [1.165, 1.54) is 19.3 Å². The second-order valence-corrected chi connectivity index (χ2v) is 5.60. The second-order valence-electron chi connectivity index (χ2n) is 5.60. The summed E-state index contributed by atoms with van der Waals surface area (Å²) in [4.78, 5) is 12.0. The van der Waals surface area contributed by atoms with Crippen molar-refractivity contribution in [3.05, 3.63) is 0 Å². The molecule has 1 heterocycles. The maximum atomic E-state index is 12.0. The normalized spacial score (nSPS) is 25.6. The first-order chi connectivity index (χ1) is 9.26. The highest BCUT2D eigenvalue weighted by molar-refractivity contribution is 5.82. The molecule has 2 N–H and O–H groups in total. The van der Waals surface area contributed by atoms with E-state index in [2.05, 4.69) is 10.6 Å². The highest BCUT2D eigenvalue weighted by atomic mass is 16.5. The summed E-state index contributed by atoms with van der Waals surface area (Å²) in [5, 5.41) is 6.27. The van der Waals surface area contributed by atoms with Crippen LogP contribution in [0.25, 0.3) is 0 Å². The van der Waals surface area contributed by atoms with E-state index in [4.69, 9.17) is 9.47 Å². The molecule has 1 atom stereocenters. The molecule has 0 aromatic heterocycles. The van der Waals surface area contributed by atoms with Crippen molar-refractivity contribution in [2.24, 2.45) is 5.41 Å². The molecular formula is C14H26N2O3. The summed E-state index contributed by atoms with van der Waals surface area (Å²) in [6.45, 7) is 6.30. The molecule has 1 aliphatic carbocycles. The van der Waals surface area contributed by atoms with Crippen LogP contribution in [0.15, 0.2) is 0 Å². The molecule has 1 saturated heterocycles. The molecule has 0 bridgehead atoms. The molecule has 110 valence electrons. The number of rotatable bonds is 7. The van der Waals surface area contributed by atoms with Gasteiger partial charge in [-0.2, -0.15) is 0 Å². The third-order valence-electron chi connectivity index (χ3n) is 4.27. The lowest BCUT2D eigenvalue weighted by Gasteiger charge is -2.42. The minimum atomic E-state index is -0.183. The minimum Gasteiger partial charge on any atom is -0.382 e. The van der Waals surface area contributed by atoms with Gasteiger partial charge >= 0.3 is 0 Å². The van der Waals surface area contributed by atoms with Crippen molar-refractivity contribution in [1.29, 1.82) is 0 Å². The van der Waals surface area contributed by atoms with Crippen molar-refractivity contribution in [2.45, 2.75) is 38.6 Å².